The Hall–Kier alpha value is -3.25. The third-order valence-corrected chi connectivity index (χ3v) is 4.35. The van der Waals surface area contributed by atoms with Crippen molar-refractivity contribution in [2.45, 2.75) is 0 Å². The predicted molar refractivity (Wildman–Crippen MR) is 99.3 cm³/mol. The highest BCUT2D eigenvalue weighted by molar-refractivity contribution is 6.26. The Bertz CT molecular complexity index is 984. The molecule has 0 atom stereocenters. The number of rotatable bonds is 5. The molecule has 2 aromatic carbocycles. The maximum absolute atomic E-state index is 12.7. The number of carbonyl (C=O) groups excluding carboxylic acids is 2. The molecule has 0 bridgehead atoms. The van der Waals surface area contributed by atoms with E-state index in [1.165, 1.54) is 0 Å². The predicted octanol–water partition coefficient (Wildman–Crippen LogP) is 3.06. The van der Waals surface area contributed by atoms with E-state index in [2.05, 4.69) is 4.98 Å². The summed E-state index contributed by atoms with van der Waals surface area (Å²) in [5, 5.41) is 0. The zero-order valence-electron chi connectivity index (χ0n) is 15.1. The molecule has 6 nitrogen and oxygen atoms in total. The summed E-state index contributed by atoms with van der Waals surface area (Å²) in [5.41, 5.74) is 1.41. The Balaban J connectivity index is 1.66. The fourth-order valence-electron chi connectivity index (χ4n) is 2.95. The molecule has 136 valence electrons. The highest BCUT2D eigenvalue weighted by atomic mass is 16.5. The largest absolute Gasteiger partial charge is 0.492 e. The number of aromatic nitrogens is 1. The monoisotopic (exact) mass is 362 g/mol. The normalized spacial score (nSPS) is 12.9. The first-order chi connectivity index (χ1) is 13.0. The van der Waals surface area contributed by atoms with Gasteiger partial charge in [-0.05, 0) is 32.3 Å². The van der Waals surface area contributed by atoms with E-state index < -0.39 is 0 Å². The molecule has 3 aromatic rings. The molecule has 0 amide bonds. The van der Waals surface area contributed by atoms with Gasteiger partial charge in [-0.3, -0.25) is 9.59 Å². The molecule has 0 fully saturated rings. The summed E-state index contributed by atoms with van der Waals surface area (Å²) in [4.78, 5) is 31.6. The Kier molecular flexibility index (Phi) is 4.33. The molecule has 0 aliphatic heterocycles. The number of nitrogens with zero attached hydrogens (tertiary/aromatic N) is 2. The summed E-state index contributed by atoms with van der Waals surface area (Å²) in [6, 6.07) is 14.0. The van der Waals surface area contributed by atoms with E-state index in [9.17, 15) is 9.59 Å². The molecule has 6 heteroatoms. The van der Waals surface area contributed by atoms with Crippen LogP contribution >= 0.6 is 0 Å². The second-order valence-corrected chi connectivity index (χ2v) is 6.58. The van der Waals surface area contributed by atoms with Crippen LogP contribution in [0, 0.1) is 0 Å². The summed E-state index contributed by atoms with van der Waals surface area (Å²) < 4.78 is 11.4. The lowest BCUT2D eigenvalue weighted by Gasteiger charge is -2.11. The maximum Gasteiger partial charge on any atom is 0.231 e. The van der Waals surface area contributed by atoms with Gasteiger partial charge >= 0.3 is 0 Å². The van der Waals surface area contributed by atoms with E-state index in [0.717, 1.165) is 6.54 Å². The van der Waals surface area contributed by atoms with Gasteiger partial charge in [0.05, 0.1) is 0 Å². The van der Waals surface area contributed by atoms with Gasteiger partial charge in [0.1, 0.15) is 12.4 Å². The molecule has 1 aliphatic rings. The van der Waals surface area contributed by atoms with Crippen LogP contribution in [0.4, 0.5) is 0 Å². The topological polar surface area (TPSA) is 72.6 Å². The summed E-state index contributed by atoms with van der Waals surface area (Å²) >= 11 is 0. The lowest BCUT2D eigenvalue weighted by Crippen LogP contribution is -2.19. The van der Waals surface area contributed by atoms with Crippen LogP contribution in [0.1, 0.15) is 32.2 Å². The molecule has 0 spiro atoms. The minimum absolute atomic E-state index is 0.00682. The average Bonchev–Trinajstić information content (AvgIpc) is 3.12. The van der Waals surface area contributed by atoms with Gasteiger partial charge in [-0.2, -0.15) is 0 Å². The molecule has 4 rings (SSSR count). The minimum Gasteiger partial charge on any atom is -0.492 e. The Morgan fingerprint density at radius 2 is 1.74 bits per heavy atom. The van der Waals surface area contributed by atoms with Gasteiger partial charge in [-0.15, -0.1) is 0 Å². The molecular formula is C21H18N2O4. The number of fused-ring (bicyclic) bond motifs is 2. The lowest BCUT2D eigenvalue weighted by molar-refractivity contribution is 0.0959. The maximum atomic E-state index is 12.7. The Morgan fingerprint density at radius 1 is 1.00 bits per heavy atom. The van der Waals surface area contributed by atoms with Crippen molar-refractivity contribution in [3.05, 3.63) is 71.1 Å². The lowest BCUT2D eigenvalue weighted by atomic mass is 9.91. The van der Waals surface area contributed by atoms with E-state index in [1.807, 2.05) is 31.1 Å². The van der Waals surface area contributed by atoms with E-state index in [4.69, 9.17) is 9.15 Å². The molecule has 1 heterocycles. The van der Waals surface area contributed by atoms with E-state index in [1.54, 1.807) is 36.4 Å². The van der Waals surface area contributed by atoms with E-state index in [-0.39, 0.29) is 28.9 Å². The number of hydrogen-bond acceptors (Lipinski definition) is 6. The Morgan fingerprint density at radius 3 is 2.48 bits per heavy atom. The molecule has 0 radical (unpaired) electrons. The number of ether oxygens (including phenoxy) is 1. The first-order valence-corrected chi connectivity index (χ1v) is 8.62. The van der Waals surface area contributed by atoms with Crippen LogP contribution in [0.25, 0.3) is 11.5 Å². The van der Waals surface area contributed by atoms with Gasteiger partial charge in [-0.25, -0.2) is 4.98 Å². The van der Waals surface area contributed by atoms with Gasteiger partial charge in [0, 0.05) is 23.2 Å². The molecule has 0 N–H and O–H groups in total. The fraction of sp³-hybridized carbons (Fsp3) is 0.190. The van der Waals surface area contributed by atoms with Crippen molar-refractivity contribution in [2.24, 2.45) is 0 Å². The highest BCUT2D eigenvalue weighted by Crippen LogP contribution is 2.31. The van der Waals surface area contributed by atoms with Gasteiger partial charge in [-0.1, -0.05) is 30.3 Å². The van der Waals surface area contributed by atoms with Crippen molar-refractivity contribution < 1.29 is 18.7 Å². The van der Waals surface area contributed by atoms with E-state index >= 15 is 0 Å². The second kappa shape index (κ2) is 6.81. The molecule has 0 unspecified atom stereocenters. The van der Waals surface area contributed by atoms with Crippen LogP contribution in [0.3, 0.4) is 0 Å². The molecule has 1 aromatic heterocycles. The van der Waals surface area contributed by atoms with Crippen LogP contribution in [-0.4, -0.2) is 48.7 Å². The summed E-state index contributed by atoms with van der Waals surface area (Å²) in [6.45, 7) is 1.34. The van der Waals surface area contributed by atoms with Gasteiger partial charge in [0.15, 0.2) is 5.69 Å². The molecular weight excluding hydrogens is 344 g/mol. The van der Waals surface area contributed by atoms with Crippen LogP contribution in [0.5, 0.6) is 5.75 Å². The third kappa shape index (κ3) is 3.15. The molecule has 0 saturated heterocycles. The van der Waals surface area contributed by atoms with Crippen LogP contribution in [0.2, 0.25) is 0 Å². The number of oxazole rings is 1. The SMILES string of the molecule is CN(C)CCOc1cccc(-c2nc3c(o2)C(=O)c2ccccc2C3=O)c1. The summed E-state index contributed by atoms with van der Waals surface area (Å²) in [7, 11) is 3.95. The van der Waals surface area contributed by atoms with Crippen LogP contribution in [0.15, 0.2) is 52.9 Å². The summed E-state index contributed by atoms with van der Waals surface area (Å²) in [6.07, 6.45) is 0. The van der Waals surface area contributed by atoms with Crippen LogP contribution < -0.4 is 4.74 Å². The molecule has 0 saturated carbocycles. The first kappa shape index (κ1) is 17.2. The third-order valence-electron chi connectivity index (χ3n) is 4.35. The molecule has 27 heavy (non-hydrogen) atoms. The van der Waals surface area contributed by atoms with Gasteiger partial charge in [0.25, 0.3) is 0 Å². The highest BCUT2D eigenvalue weighted by Gasteiger charge is 2.35. The van der Waals surface area contributed by atoms with E-state index in [0.29, 0.717) is 29.0 Å². The standard InChI is InChI=1S/C21H18N2O4/c1-23(2)10-11-26-14-7-5-6-13(12-14)21-22-17-18(24)15-8-3-4-9-16(15)19(25)20(17)27-21/h3-9,12H,10-11H2,1-2H3. The minimum atomic E-state index is -0.322. The quantitative estimate of drug-likeness (QED) is 0.543. The van der Waals surface area contributed by atoms with Crippen molar-refractivity contribution in [3.63, 3.8) is 0 Å². The number of hydrogen-bond donors (Lipinski definition) is 0. The zero-order chi connectivity index (χ0) is 19.0. The van der Waals surface area contributed by atoms with Crippen molar-refractivity contribution in [2.75, 3.05) is 27.2 Å². The van der Waals surface area contributed by atoms with Crippen molar-refractivity contribution in [3.8, 4) is 17.2 Å². The average molecular weight is 362 g/mol. The van der Waals surface area contributed by atoms with Gasteiger partial charge in [0.2, 0.25) is 23.2 Å². The summed E-state index contributed by atoms with van der Waals surface area (Å²) in [5.74, 6) is 0.276. The zero-order valence-corrected chi connectivity index (χ0v) is 15.1. The number of ketones is 2. The first-order valence-electron chi connectivity index (χ1n) is 8.62. The van der Waals surface area contributed by atoms with Gasteiger partial charge < -0.3 is 14.1 Å². The number of benzene rings is 2. The fourth-order valence-corrected chi connectivity index (χ4v) is 2.95. The Labute approximate surface area is 156 Å². The van der Waals surface area contributed by atoms with Crippen molar-refractivity contribution >= 4 is 11.6 Å². The van der Waals surface area contributed by atoms with Crippen molar-refractivity contribution in [1.82, 2.24) is 9.88 Å². The number of likely N-dealkylation sites (N-methyl/N-ethyl adjacent to an activating group) is 1. The number of carbonyl (C=O) groups is 2. The van der Waals surface area contributed by atoms with Crippen molar-refractivity contribution in [1.29, 1.82) is 0 Å². The smallest absolute Gasteiger partial charge is 0.231 e. The molecule has 1 aliphatic carbocycles. The van der Waals surface area contributed by atoms with Crippen LogP contribution in [-0.2, 0) is 0 Å². The second-order valence-electron chi connectivity index (χ2n) is 6.58.